The number of aliphatic imine (C=N–C) groups is 1. The summed E-state index contributed by atoms with van der Waals surface area (Å²) in [5, 5.41) is 18.1. The fourth-order valence-electron chi connectivity index (χ4n) is 0.968. The summed E-state index contributed by atoms with van der Waals surface area (Å²) in [5.41, 5.74) is 0.905. The lowest BCUT2D eigenvalue weighted by atomic mass is 10.0. The van der Waals surface area contributed by atoms with E-state index in [0.29, 0.717) is 13.0 Å². The van der Waals surface area contributed by atoms with Gasteiger partial charge < -0.3 is 10.2 Å². The number of hydrogen-bond acceptors (Lipinski definition) is 3. The topological polar surface area (TPSA) is 52.8 Å². The Labute approximate surface area is 65.4 Å². The standard InChI is InChI=1S/C8H11NO2/c1-9-5-6-2-3-7(10)8(11)4-6/h2,4,7,10-11H,1,3,5H2. The first kappa shape index (κ1) is 8.01. The second kappa shape index (κ2) is 3.34. The molecular weight excluding hydrogens is 142 g/mol. The van der Waals surface area contributed by atoms with Gasteiger partial charge in [-0.15, -0.1) is 0 Å². The van der Waals surface area contributed by atoms with E-state index in [-0.39, 0.29) is 5.76 Å². The maximum absolute atomic E-state index is 9.08. The van der Waals surface area contributed by atoms with Crippen LogP contribution in [0.4, 0.5) is 0 Å². The lowest BCUT2D eigenvalue weighted by molar-refractivity contribution is 0.153. The maximum atomic E-state index is 9.08. The molecule has 0 radical (unpaired) electrons. The summed E-state index contributed by atoms with van der Waals surface area (Å²) in [4.78, 5) is 3.66. The molecular formula is C8H11NO2. The molecule has 11 heavy (non-hydrogen) atoms. The first-order chi connectivity index (χ1) is 5.24. The van der Waals surface area contributed by atoms with Crippen molar-refractivity contribution in [1.82, 2.24) is 0 Å². The highest BCUT2D eigenvalue weighted by atomic mass is 16.3. The Morgan fingerprint density at radius 3 is 3.00 bits per heavy atom. The van der Waals surface area contributed by atoms with Gasteiger partial charge in [0.25, 0.3) is 0 Å². The van der Waals surface area contributed by atoms with E-state index in [1.165, 1.54) is 6.08 Å². The van der Waals surface area contributed by atoms with Crippen LogP contribution in [0.5, 0.6) is 0 Å². The van der Waals surface area contributed by atoms with Crippen LogP contribution in [0.1, 0.15) is 6.42 Å². The average molecular weight is 153 g/mol. The number of aliphatic hydroxyl groups excluding tert-OH is 2. The van der Waals surface area contributed by atoms with Gasteiger partial charge in [-0.2, -0.15) is 0 Å². The molecule has 1 rings (SSSR count). The molecule has 2 N–H and O–H groups in total. The minimum atomic E-state index is -0.733. The van der Waals surface area contributed by atoms with Crippen molar-refractivity contribution in [2.75, 3.05) is 6.54 Å². The molecule has 1 aliphatic rings. The molecule has 3 nitrogen and oxygen atoms in total. The number of aliphatic hydroxyl groups is 2. The summed E-state index contributed by atoms with van der Waals surface area (Å²) in [7, 11) is 0. The summed E-state index contributed by atoms with van der Waals surface area (Å²) >= 11 is 0. The number of nitrogens with zero attached hydrogens (tertiary/aromatic N) is 1. The second-order valence-corrected chi connectivity index (χ2v) is 2.48. The summed E-state index contributed by atoms with van der Waals surface area (Å²) in [6.07, 6.45) is 3.11. The lowest BCUT2D eigenvalue weighted by Crippen LogP contribution is -2.13. The van der Waals surface area contributed by atoms with E-state index >= 15 is 0 Å². The highest BCUT2D eigenvalue weighted by molar-refractivity contribution is 5.32. The zero-order valence-electron chi connectivity index (χ0n) is 6.20. The zero-order valence-corrected chi connectivity index (χ0v) is 6.20. The van der Waals surface area contributed by atoms with Gasteiger partial charge >= 0.3 is 0 Å². The van der Waals surface area contributed by atoms with Crippen molar-refractivity contribution in [2.45, 2.75) is 12.5 Å². The molecule has 0 saturated heterocycles. The van der Waals surface area contributed by atoms with Crippen molar-refractivity contribution in [3.8, 4) is 0 Å². The van der Waals surface area contributed by atoms with Crippen LogP contribution in [0.2, 0.25) is 0 Å². The van der Waals surface area contributed by atoms with Crippen LogP contribution < -0.4 is 0 Å². The molecule has 0 aromatic rings. The average Bonchev–Trinajstić information content (AvgIpc) is 1.98. The Morgan fingerprint density at radius 1 is 1.73 bits per heavy atom. The van der Waals surface area contributed by atoms with Gasteiger partial charge in [0, 0.05) is 0 Å². The fraction of sp³-hybridized carbons (Fsp3) is 0.375. The summed E-state index contributed by atoms with van der Waals surface area (Å²) in [6, 6.07) is 0. The summed E-state index contributed by atoms with van der Waals surface area (Å²) in [6.45, 7) is 3.83. The van der Waals surface area contributed by atoms with Crippen LogP contribution in [0.25, 0.3) is 0 Å². The molecule has 1 aliphatic carbocycles. The molecule has 1 atom stereocenters. The molecule has 60 valence electrons. The predicted octanol–water partition coefficient (Wildman–Crippen LogP) is 0.820. The third kappa shape index (κ3) is 1.91. The van der Waals surface area contributed by atoms with E-state index in [9.17, 15) is 0 Å². The fourth-order valence-corrected chi connectivity index (χ4v) is 0.968. The molecule has 0 aromatic heterocycles. The Bertz CT molecular complexity index is 218. The Hall–Kier alpha value is -1.09. The molecule has 0 aromatic carbocycles. The van der Waals surface area contributed by atoms with E-state index in [1.807, 2.05) is 6.08 Å². The van der Waals surface area contributed by atoms with E-state index in [4.69, 9.17) is 10.2 Å². The predicted molar refractivity (Wildman–Crippen MR) is 43.8 cm³/mol. The molecule has 1 unspecified atom stereocenters. The van der Waals surface area contributed by atoms with Crippen molar-refractivity contribution in [1.29, 1.82) is 0 Å². The molecule has 0 aliphatic heterocycles. The monoisotopic (exact) mass is 153 g/mol. The maximum Gasteiger partial charge on any atom is 0.121 e. The SMILES string of the molecule is C=NCC1=CCC(O)C(O)=C1. The van der Waals surface area contributed by atoms with Gasteiger partial charge in [0.2, 0.25) is 0 Å². The Kier molecular flexibility index (Phi) is 2.44. The van der Waals surface area contributed by atoms with Crippen molar-refractivity contribution in [3.63, 3.8) is 0 Å². The van der Waals surface area contributed by atoms with Crippen LogP contribution in [0.15, 0.2) is 28.5 Å². The molecule has 0 saturated carbocycles. The normalized spacial score (nSPS) is 23.9. The molecule has 0 fully saturated rings. The van der Waals surface area contributed by atoms with Gasteiger partial charge in [-0.1, -0.05) is 6.08 Å². The molecule has 0 amide bonds. The van der Waals surface area contributed by atoms with Gasteiger partial charge in [-0.25, -0.2) is 0 Å². The third-order valence-electron chi connectivity index (χ3n) is 1.57. The highest BCUT2D eigenvalue weighted by Crippen LogP contribution is 2.15. The van der Waals surface area contributed by atoms with Crippen molar-refractivity contribution in [2.24, 2.45) is 4.99 Å². The van der Waals surface area contributed by atoms with E-state index in [2.05, 4.69) is 11.7 Å². The molecule has 0 bridgehead atoms. The Balaban J connectivity index is 2.66. The van der Waals surface area contributed by atoms with Crippen LogP contribution in [0.3, 0.4) is 0 Å². The smallest absolute Gasteiger partial charge is 0.121 e. The summed E-state index contributed by atoms with van der Waals surface area (Å²) in [5.74, 6) is 0.0196. The first-order valence-electron chi connectivity index (χ1n) is 3.44. The van der Waals surface area contributed by atoms with Gasteiger partial charge in [-0.05, 0) is 24.8 Å². The third-order valence-corrected chi connectivity index (χ3v) is 1.57. The minimum Gasteiger partial charge on any atom is -0.510 e. The highest BCUT2D eigenvalue weighted by Gasteiger charge is 2.12. The van der Waals surface area contributed by atoms with Gasteiger partial charge in [0.1, 0.15) is 11.9 Å². The lowest BCUT2D eigenvalue weighted by Gasteiger charge is -2.13. The van der Waals surface area contributed by atoms with Crippen molar-refractivity contribution in [3.05, 3.63) is 23.5 Å². The van der Waals surface area contributed by atoms with Crippen LogP contribution in [-0.4, -0.2) is 29.6 Å². The second-order valence-electron chi connectivity index (χ2n) is 2.48. The quantitative estimate of drug-likeness (QED) is 0.577. The van der Waals surface area contributed by atoms with Gasteiger partial charge in [0.05, 0.1) is 6.54 Å². The molecule has 3 heteroatoms. The van der Waals surface area contributed by atoms with Crippen molar-refractivity contribution < 1.29 is 10.2 Å². The van der Waals surface area contributed by atoms with E-state index in [1.54, 1.807) is 0 Å². The first-order valence-corrected chi connectivity index (χ1v) is 3.44. The molecule has 0 heterocycles. The van der Waals surface area contributed by atoms with Crippen molar-refractivity contribution >= 4 is 6.72 Å². The van der Waals surface area contributed by atoms with E-state index < -0.39 is 6.10 Å². The van der Waals surface area contributed by atoms with Gasteiger partial charge in [0.15, 0.2) is 0 Å². The Morgan fingerprint density at radius 2 is 2.45 bits per heavy atom. The minimum absolute atomic E-state index is 0.0196. The van der Waals surface area contributed by atoms with Crippen LogP contribution in [-0.2, 0) is 0 Å². The summed E-state index contributed by atoms with van der Waals surface area (Å²) < 4.78 is 0. The molecule has 0 spiro atoms. The number of rotatable bonds is 2. The number of hydrogen-bond donors (Lipinski definition) is 2. The van der Waals surface area contributed by atoms with Gasteiger partial charge in [-0.3, -0.25) is 4.99 Å². The zero-order chi connectivity index (χ0) is 8.27. The largest absolute Gasteiger partial charge is 0.510 e. The van der Waals surface area contributed by atoms with E-state index in [0.717, 1.165) is 5.57 Å². The van der Waals surface area contributed by atoms with Crippen LogP contribution >= 0.6 is 0 Å². The van der Waals surface area contributed by atoms with Crippen LogP contribution in [0, 0.1) is 0 Å².